The van der Waals surface area contributed by atoms with Crippen molar-refractivity contribution in [3.63, 3.8) is 0 Å². The average Bonchev–Trinajstić information content (AvgIpc) is 1.61. The number of nitriles is 1. The quantitative estimate of drug-likeness (QED) is 0.280. The molecular formula is CHN3O3. The van der Waals surface area contributed by atoms with Crippen LogP contribution in [0, 0.1) is 21.6 Å². The highest BCUT2D eigenvalue weighted by Crippen LogP contribution is 1.55. The molecule has 0 saturated heterocycles. The summed E-state index contributed by atoms with van der Waals surface area (Å²) in [4.78, 5) is 12.6. The molecule has 0 aromatic heterocycles. The maximum absolute atomic E-state index is 9.18. The summed E-state index contributed by atoms with van der Waals surface area (Å²) >= 11 is 0. The zero-order valence-corrected chi connectivity index (χ0v) is 3.12. The summed E-state index contributed by atoms with van der Waals surface area (Å²) in [5, 5.41) is 15.7. The fraction of sp³-hybridized carbons (Fsp3) is 0. The summed E-state index contributed by atoms with van der Waals surface area (Å²) in [5.41, 5.74) is 1.16. The van der Waals surface area contributed by atoms with Crippen LogP contribution in [-0.4, -0.2) is 5.03 Å². The molecule has 0 heterocycles. The van der Waals surface area contributed by atoms with Crippen LogP contribution in [0.1, 0.15) is 0 Å². The first-order valence-corrected chi connectivity index (χ1v) is 1.22. The van der Waals surface area contributed by atoms with E-state index in [4.69, 9.17) is 5.26 Å². The van der Waals surface area contributed by atoms with Gasteiger partial charge in [-0.3, -0.25) is 0 Å². The van der Waals surface area contributed by atoms with Crippen LogP contribution >= 0.6 is 0 Å². The van der Waals surface area contributed by atoms with Crippen LogP contribution in [0.25, 0.3) is 0 Å². The second kappa shape index (κ2) is 2.71. The van der Waals surface area contributed by atoms with E-state index < -0.39 is 5.03 Å². The lowest BCUT2D eigenvalue weighted by atomic mass is 11.6. The third-order valence-electron chi connectivity index (χ3n) is 0.166. The van der Waals surface area contributed by atoms with Gasteiger partial charge in [-0.15, -0.1) is 5.26 Å². The molecule has 0 aliphatic rings. The highest BCUT2D eigenvalue weighted by molar-refractivity contribution is 4.38. The molecule has 0 rings (SSSR count). The maximum Gasteiger partial charge on any atom is 0.320 e. The lowest BCUT2D eigenvalue weighted by Crippen LogP contribution is -2.18. The molecule has 1 N–H and O–H groups in total. The fourth-order valence-corrected chi connectivity index (χ4v) is 0.0577. The first-order valence-electron chi connectivity index (χ1n) is 1.22. The van der Waals surface area contributed by atoms with Crippen LogP contribution in [0.15, 0.2) is 0 Å². The van der Waals surface area contributed by atoms with Gasteiger partial charge in [0.2, 0.25) is 0 Å². The third kappa shape index (κ3) is 4.49. The summed E-state index contributed by atoms with van der Waals surface area (Å²) in [7, 11) is 0. The van der Waals surface area contributed by atoms with Gasteiger partial charge in [-0.1, -0.05) is 0 Å². The van der Waals surface area contributed by atoms with Crippen molar-refractivity contribution < 1.29 is 9.87 Å². The largest absolute Gasteiger partial charge is 0.320 e. The molecule has 0 aromatic carbocycles. The van der Waals surface area contributed by atoms with Crippen LogP contribution < -0.4 is 5.59 Å². The zero-order valence-electron chi connectivity index (χ0n) is 3.12. The molecule has 0 spiro atoms. The van der Waals surface area contributed by atoms with Crippen molar-refractivity contribution in [3.05, 3.63) is 10.1 Å². The van der Waals surface area contributed by atoms with Crippen LogP contribution in [-0.2, 0) is 4.84 Å². The monoisotopic (exact) mass is 103 g/mol. The van der Waals surface area contributed by atoms with Gasteiger partial charge in [0, 0.05) is 0 Å². The molecule has 0 aliphatic carbocycles. The van der Waals surface area contributed by atoms with Crippen molar-refractivity contribution in [2.24, 2.45) is 0 Å². The van der Waals surface area contributed by atoms with Gasteiger partial charge in [0.25, 0.3) is 0 Å². The average molecular weight is 103 g/mol. The van der Waals surface area contributed by atoms with Gasteiger partial charge in [0.1, 0.15) is 0 Å². The molecule has 0 radical (unpaired) electrons. The summed E-state index contributed by atoms with van der Waals surface area (Å²) in [5.74, 6) is 0. The Morgan fingerprint density at radius 3 is 2.71 bits per heavy atom. The molecule has 0 atom stereocenters. The molecule has 0 bridgehead atoms. The Balaban J connectivity index is 3.02. The van der Waals surface area contributed by atoms with E-state index in [1.807, 2.05) is 0 Å². The fourth-order valence-electron chi connectivity index (χ4n) is 0.0577. The van der Waals surface area contributed by atoms with Crippen molar-refractivity contribution in [1.82, 2.24) is 5.59 Å². The summed E-state index contributed by atoms with van der Waals surface area (Å²) < 4.78 is 0. The van der Waals surface area contributed by atoms with Crippen molar-refractivity contribution in [2.45, 2.75) is 0 Å². The summed E-state index contributed by atoms with van der Waals surface area (Å²) in [6.07, 6.45) is 1.05. The number of hydrogen-bond acceptors (Lipinski definition) is 4. The lowest BCUT2D eigenvalue weighted by Gasteiger charge is -1.82. The summed E-state index contributed by atoms with van der Waals surface area (Å²) in [6.45, 7) is 0. The smallest absolute Gasteiger partial charge is 0.246 e. The summed E-state index contributed by atoms with van der Waals surface area (Å²) in [6, 6.07) is 0. The van der Waals surface area contributed by atoms with Crippen LogP contribution in [0.4, 0.5) is 0 Å². The Labute approximate surface area is 38.4 Å². The van der Waals surface area contributed by atoms with Crippen LogP contribution in [0.5, 0.6) is 0 Å². The van der Waals surface area contributed by atoms with Crippen LogP contribution in [0.2, 0.25) is 0 Å². The molecule has 0 amide bonds. The molecule has 0 saturated carbocycles. The predicted octanol–water partition coefficient (Wildman–Crippen LogP) is -0.820. The van der Waals surface area contributed by atoms with Crippen molar-refractivity contribution in [3.8, 4) is 6.26 Å². The Morgan fingerprint density at radius 2 is 2.57 bits per heavy atom. The van der Waals surface area contributed by atoms with E-state index in [0.29, 0.717) is 0 Å². The number of nitrogens with zero attached hydrogens (tertiary/aromatic N) is 2. The number of nitro groups is 1. The normalized spacial score (nSPS) is 6.14. The molecule has 6 heteroatoms. The van der Waals surface area contributed by atoms with Crippen LogP contribution in [0.3, 0.4) is 0 Å². The third-order valence-corrected chi connectivity index (χ3v) is 0.166. The molecule has 7 heavy (non-hydrogen) atoms. The molecule has 38 valence electrons. The molecule has 0 aliphatic heterocycles. The van der Waals surface area contributed by atoms with Gasteiger partial charge in [0.15, 0.2) is 5.03 Å². The first kappa shape index (κ1) is 5.49. The van der Waals surface area contributed by atoms with Gasteiger partial charge in [-0.05, 0) is 0 Å². The van der Waals surface area contributed by atoms with Crippen molar-refractivity contribution in [1.29, 1.82) is 5.26 Å². The van der Waals surface area contributed by atoms with Gasteiger partial charge in [0.05, 0.1) is 5.59 Å². The topological polar surface area (TPSA) is 88.2 Å². The SMILES string of the molecule is N#CON[N+](=O)[O-]. The van der Waals surface area contributed by atoms with Crippen molar-refractivity contribution in [2.75, 3.05) is 0 Å². The number of hydrazine groups is 1. The van der Waals surface area contributed by atoms with Gasteiger partial charge >= 0.3 is 6.26 Å². The standard InChI is InChI=1S/CHN3O3/c2-1-7-3-4(5)6/h3H. The minimum atomic E-state index is -0.983. The van der Waals surface area contributed by atoms with E-state index in [9.17, 15) is 10.1 Å². The maximum atomic E-state index is 9.18. The number of hydrogen-bond donors (Lipinski definition) is 1. The minimum absolute atomic E-state index is 0.983. The van der Waals surface area contributed by atoms with Crippen molar-refractivity contribution >= 4 is 0 Å². The number of rotatable bonds is 2. The van der Waals surface area contributed by atoms with Gasteiger partial charge in [-0.2, -0.15) is 0 Å². The molecule has 6 nitrogen and oxygen atoms in total. The molecule has 0 fully saturated rings. The first-order chi connectivity index (χ1) is 3.27. The molecule has 0 unspecified atom stereocenters. The predicted molar refractivity (Wildman–Crippen MR) is 16.8 cm³/mol. The second-order valence-corrected chi connectivity index (χ2v) is 0.542. The molecular weight excluding hydrogens is 102 g/mol. The van der Waals surface area contributed by atoms with E-state index in [-0.39, 0.29) is 0 Å². The van der Waals surface area contributed by atoms with E-state index in [2.05, 4.69) is 4.84 Å². The highest BCUT2D eigenvalue weighted by atomic mass is 16.8. The Kier molecular flexibility index (Phi) is 2.13. The van der Waals surface area contributed by atoms with E-state index in [0.717, 1.165) is 11.8 Å². The lowest BCUT2D eigenvalue weighted by molar-refractivity contribution is -0.597. The second-order valence-electron chi connectivity index (χ2n) is 0.542. The molecule has 0 aromatic rings. The Morgan fingerprint density at radius 1 is 2.00 bits per heavy atom. The van der Waals surface area contributed by atoms with Gasteiger partial charge < -0.3 is 0 Å². The van der Waals surface area contributed by atoms with E-state index in [1.54, 1.807) is 0 Å². The number of nitrogens with one attached hydrogen (secondary N) is 1. The van der Waals surface area contributed by atoms with Gasteiger partial charge in [-0.25, -0.2) is 15.0 Å². The highest BCUT2D eigenvalue weighted by Gasteiger charge is 1.85. The zero-order chi connectivity index (χ0) is 5.70. The van der Waals surface area contributed by atoms with E-state index in [1.165, 1.54) is 0 Å². The Hall–Kier alpha value is -1.51. The van der Waals surface area contributed by atoms with E-state index >= 15 is 0 Å². The minimum Gasteiger partial charge on any atom is -0.246 e. The Bertz CT molecular complexity index is 103.